The maximum Gasteiger partial charge on any atom is 0.339 e. The van der Waals surface area contributed by atoms with Crippen molar-refractivity contribution in [1.82, 2.24) is 4.90 Å². The average Bonchev–Trinajstić information content (AvgIpc) is 3.07. The van der Waals surface area contributed by atoms with Gasteiger partial charge >= 0.3 is 5.63 Å². The van der Waals surface area contributed by atoms with Gasteiger partial charge in [-0.25, -0.2) is 13.2 Å². The molecule has 1 atom stereocenters. The number of fused-ring (bicyclic) bond motifs is 3. The number of hydrogen-bond donors (Lipinski definition) is 0. The summed E-state index contributed by atoms with van der Waals surface area (Å²) in [6.45, 7) is 1.61. The van der Waals surface area contributed by atoms with Crippen molar-refractivity contribution in [3.05, 3.63) is 39.2 Å². The highest BCUT2D eigenvalue weighted by molar-refractivity contribution is 7.91. The number of carbonyl (C=O) groups is 1. The molecule has 0 radical (unpaired) electrons. The number of hydrogen-bond acceptors (Lipinski definition) is 6. The van der Waals surface area contributed by atoms with E-state index in [0.717, 1.165) is 42.2 Å². The Morgan fingerprint density at radius 1 is 1.24 bits per heavy atom. The summed E-state index contributed by atoms with van der Waals surface area (Å²) in [7, 11) is -1.45. The molecule has 7 nitrogen and oxygen atoms in total. The zero-order chi connectivity index (χ0) is 20.8. The summed E-state index contributed by atoms with van der Waals surface area (Å²) in [5, 5.41) is 0.934. The quantitative estimate of drug-likeness (QED) is 0.704. The van der Waals surface area contributed by atoms with E-state index < -0.39 is 9.84 Å². The van der Waals surface area contributed by atoms with Crippen molar-refractivity contribution in [1.29, 1.82) is 0 Å². The molecule has 1 aromatic carbocycles. The van der Waals surface area contributed by atoms with E-state index in [-0.39, 0.29) is 35.7 Å². The Morgan fingerprint density at radius 3 is 2.66 bits per heavy atom. The van der Waals surface area contributed by atoms with Gasteiger partial charge in [0, 0.05) is 29.6 Å². The third kappa shape index (κ3) is 3.77. The zero-order valence-corrected chi connectivity index (χ0v) is 17.5. The molecule has 156 valence electrons. The minimum absolute atomic E-state index is 0.000505. The monoisotopic (exact) mass is 419 g/mol. The van der Waals surface area contributed by atoms with Crippen LogP contribution < -0.4 is 10.4 Å². The number of carbonyl (C=O) groups excluding carboxylic acids is 1. The molecule has 1 fully saturated rings. The third-order valence-electron chi connectivity index (χ3n) is 6.09. The molecular weight excluding hydrogens is 394 g/mol. The van der Waals surface area contributed by atoms with Gasteiger partial charge in [-0.05, 0) is 56.7 Å². The molecule has 0 N–H and O–H groups in total. The summed E-state index contributed by atoms with van der Waals surface area (Å²) >= 11 is 0. The minimum atomic E-state index is -3.06. The van der Waals surface area contributed by atoms with Gasteiger partial charge in [0.1, 0.15) is 11.3 Å². The SMILES string of the molecule is Cc1c(OCC(=O)N(C)C2CCS(=O)(=O)C2)ccc2c3c(c(=O)oc12)CCCC3. The molecule has 0 saturated carbocycles. The number of nitrogens with zero attached hydrogens (tertiary/aromatic N) is 1. The maximum atomic E-state index is 12.5. The molecule has 1 saturated heterocycles. The van der Waals surface area contributed by atoms with Crippen LogP contribution in [0.2, 0.25) is 0 Å². The van der Waals surface area contributed by atoms with Crippen molar-refractivity contribution >= 4 is 26.7 Å². The minimum Gasteiger partial charge on any atom is -0.483 e. The Bertz CT molecular complexity index is 1130. The number of sulfone groups is 1. The van der Waals surface area contributed by atoms with Gasteiger partial charge in [-0.2, -0.15) is 0 Å². The second-order valence-corrected chi connectivity index (χ2v) is 10.2. The molecule has 4 rings (SSSR count). The van der Waals surface area contributed by atoms with E-state index >= 15 is 0 Å². The number of likely N-dealkylation sites (N-methyl/N-ethyl adjacent to an activating group) is 1. The number of amides is 1. The van der Waals surface area contributed by atoms with Crippen LogP contribution in [0.4, 0.5) is 0 Å². The summed E-state index contributed by atoms with van der Waals surface area (Å²) in [6, 6.07) is 3.39. The van der Waals surface area contributed by atoms with E-state index in [1.165, 1.54) is 4.90 Å². The summed E-state index contributed by atoms with van der Waals surface area (Å²) in [5.41, 5.74) is 2.75. The Balaban J connectivity index is 1.53. The first kappa shape index (κ1) is 19.9. The van der Waals surface area contributed by atoms with Crippen LogP contribution in [0.1, 0.15) is 36.0 Å². The number of aryl methyl sites for hydroxylation is 2. The van der Waals surface area contributed by atoms with Crippen LogP contribution in [0.3, 0.4) is 0 Å². The standard InChI is InChI=1S/C21H25NO6S/c1-13-18(27-11-19(23)22(2)14-9-10-29(25,26)12-14)8-7-16-15-5-3-4-6-17(15)21(24)28-20(13)16/h7-8,14H,3-6,9-12H2,1-2H3. The van der Waals surface area contributed by atoms with Crippen LogP contribution in [0.5, 0.6) is 5.75 Å². The fourth-order valence-electron chi connectivity index (χ4n) is 4.31. The molecule has 1 aromatic heterocycles. The summed E-state index contributed by atoms with van der Waals surface area (Å²) in [6.07, 6.45) is 4.13. The van der Waals surface area contributed by atoms with Crippen LogP contribution in [0, 0.1) is 6.92 Å². The summed E-state index contributed by atoms with van der Waals surface area (Å²) < 4.78 is 34.6. The fourth-order valence-corrected chi connectivity index (χ4v) is 6.08. The van der Waals surface area contributed by atoms with Gasteiger partial charge < -0.3 is 14.1 Å². The molecule has 1 unspecified atom stereocenters. The first-order chi connectivity index (χ1) is 13.8. The molecule has 1 aliphatic heterocycles. The Hall–Kier alpha value is -2.35. The van der Waals surface area contributed by atoms with E-state index in [4.69, 9.17) is 9.15 Å². The molecule has 29 heavy (non-hydrogen) atoms. The van der Waals surface area contributed by atoms with Crippen LogP contribution in [-0.2, 0) is 27.5 Å². The van der Waals surface area contributed by atoms with E-state index in [1.54, 1.807) is 13.1 Å². The Morgan fingerprint density at radius 2 is 1.97 bits per heavy atom. The topological polar surface area (TPSA) is 93.9 Å². The van der Waals surface area contributed by atoms with E-state index in [1.807, 2.05) is 13.0 Å². The predicted molar refractivity (Wildman–Crippen MR) is 109 cm³/mol. The molecule has 2 aromatic rings. The highest BCUT2D eigenvalue weighted by Crippen LogP contribution is 2.32. The van der Waals surface area contributed by atoms with E-state index in [9.17, 15) is 18.0 Å². The van der Waals surface area contributed by atoms with Gasteiger partial charge in [-0.1, -0.05) is 0 Å². The zero-order valence-electron chi connectivity index (χ0n) is 16.7. The van der Waals surface area contributed by atoms with E-state index in [0.29, 0.717) is 23.3 Å². The second kappa shape index (κ2) is 7.48. The van der Waals surface area contributed by atoms with Gasteiger partial charge in [0.25, 0.3) is 5.91 Å². The fraction of sp³-hybridized carbons (Fsp3) is 0.524. The maximum absolute atomic E-state index is 12.5. The molecule has 0 spiro atoms. The van der Waals surface area contributed by atoms with Crippen LogP contribution in [0.15, 0.2) is 21.3 Å². The van der Waals surface area contributed by atoms with E-state index in [2.05, 4.69) is 0 Å². The van der Waals surface area contributed by atoms with Crippen molar-refractivity contribution in [3.8, 4) is 5.75 Å². The number of benzene rings is 1. The van der Waals surface area contributed by atoms with Crippen LogP contribution in [-0.4, -0.2) is 50.4 Å². The largest absolute Gasteiger partial charge is 0.483 e. The highest BCUT2D eigenvalue weighted by Gasteiger charge is 2.32. The lowest BCUT2D eigenvalue weighted by molar-refractivity contribution is -0.133. The molecule has 1 aliphatic carbocycles. The lowest BCUT2D eigenvalue weighted by Gasteiger charge is -2.23. The average molecular weight is 419 g/mol. The molecule has 2 aliphatic rings. The van der Waals surface area contributed by atoms with Crippen LogP contribution >= 0.6 is 0 Å². The Kier molecular flexibility index (Phi) is 5.14. The molecule has 0 bridgehead atoms. The molecular formula is C21H25NO6S. The molecule has 8 heteroatoms. The smallest absolute Gasteiger partial charge is 0.339 e. The lowest BCUT2D eigenvalue weighted by atomic mass is 9.90. The first-order valence-electron chi connectivity index (χ1n) is 9.94. The Labute approximate surface area is 169 Å². The van der Waals surface area contributed by atoms with Crippen molar-refractivity contribution < 1.29 is 22.4 Å². The van der Waals surface area contributed by atoms with Crippen molar-refractivity contribution in [2.75, 3.05) is 25.2 Å². The lowest BCUT2D eigenvalue weighted by Crippen LogP contribution is -2.40. The first-order valence-corrected chi connectivity index (χ1v) is 11.8. The van der Waals surface area contributed by atoms with Gasteiger partial charge in [0.15, 0.2) is 16.4 Å². The summed E-state index contributed by atoms with van der Waals surface area (Å²) in [4.78, 5) is 26.3. The van der Waals surface area contributed by atoms with Gasteiger partial charge in [-0.3, -0.25) is 4.79 Å². The highest BCUT2D eigenvalue weighted by atomic mass is 32.2. The van der Waals surface area contributed by atoms with Gasteiger partial charge in [0.05, 0.1) is 11.5 Å². The molecule has 2 heterocycles. The third-order valence-corrected chi connectivity index (χ3v) is 7.84. The second-order valence-electron chi connectivity index (χ2n) is 7.97. The van der Waals surface area contributed by atoms with Crippen molar-refractivity contribution in [2.24, 2.45) is 0 Å². The van der Waals surface area contributed by atoms with Crippen molar-refractivity contribution in [3.63, 3.8) is 0 Å². The van der Waals surface area contributed by atoms with Crippen LogP contribution in [0.25, 0.3) is 11.0 Å². The van der Waals surface area contributed by atoms with Crippen molar-refractivity contribution in [2.45, 2.75) is 45.1 Å². The molecule has 1 amide bonds. The summed E-state index contributed by atoms with van der Waals surface area (Å²) in [5.74, 6) is 0.319. The predicted octanol–water partition coefficient (Wildman–Crippen LogP) is 2.00. The normalized spacial score (nSPS) is 20.4. The van der Waals surface area contributed by atoms with Gasteiger partial charge in [-0.15, -0.1) is 0 Å². The number of ether oxygens (including phenoxy) is 1. The number of rotatable bonds is 4. The van der Waals surface area contributed by atoms with Gasteiger partial charge in [0.2, 0.25) is 0 Å².